The predicted molar refractivity (Wildman–Crippen MR) is 116 cm³/mol. The summed E-state index contributed by atoms with van der Waals surface area (Å²) in [4.78, 5) is 24.6. The molecule has 3 rings (SSSR count). The molecule has 4 nitrogen and oxygen atoms in total. The van der Waals surface area contributed by atoms with Gasteiger partial charge < -0.3 is 10.1 Å². The minimum Gasteiger partial charge on any atom is -0.465 e. The van der Waals surface area contributed by atoms with E-state index in [9.17, 15) is 14.0 Å². The van der Waals surface area contributed by atoms with Gasteiger partial charge in [0.25, 0.3) is 0 Å². The van der Waals surface area contributed by atoms with Crippen LogP contribution in [0, 0.1) is 17.7 Å². The number of rotatable bonds is 5. The highest BCUT2D eigenvalue weighted by Gasteiger charge is 2.06. The zero-order chi connectivity index (χ0) is 21.3. The number of carbonyl (C=O) groups excluding carboxylic acids is 2. The molecule has 0 bridgehead atoms. The lowest BCUT2D eigenvalue weighted by Gasteiger charge is -2.06. The Kier molecular flexibility index (Phi) is 7.25. The first-order valence-electron chi connectivity index (χ1n) is 9.02. The van der Waals surface area contributed by atoms with E-state index in [0.29, 0.717) is 16.8 Å². The van der Waals surface area contributed by atoms with Crippen molar-refractivity contribution >= 4 is 29.3 Å². The third kappa shape index (κ3) is 6.23. The number of thioether (sulfide) groups is 1. The summed E-state index contributed by atoms with van der Waals surface area (Å²) >= 11 is 1.33. The van der Waals surface area contributed by atoms with Gasteiger partial charge in [-0.2, -0.15) is 0 Å². The highest BCUT2D eigenvalue weighted by atomic mass is 32.2. The van der Waals surface area contributed by atoms with E-state index in [0.717, 1.165) is 10.5 Å². The molecule has 3 aromatic carbocycles. The molecule has 0 aromatic heterocycles. The summed E-state index contributed by atoms with van der Waals surface area (Å²) in [5, 5.41) is 2.83. The number of nitrogens with one attached hydrogen (secondary N) is 1. The van der Waals surface area contributed by atoms with Crippen molar-refractivity contribution in [3.63, 3.8) is 0 Å². The zero-order valence-electron chi connectivity index (χ0n) is 16.1. The van der Waals surface area contributed by atoms with Gasteiger partial charge in [-0.1, -0.05) is 24.0 Å². The molecule has 0 saturated heterocycles. The van der Waals surface area contributed by atoms with E-state index in [1.807, 2.05) is 6.07 Å². The highest BCUT2D eigenvalue weighted by molar-refractivity contribution is 8.00. The van der Waals surface area contributed by atoms with E-state index >= 15 is 0 Å². The van der Waals surface area contributed by atoms with Crippen molar-refractivity contribution < 1.29 is 18.7 Å². The molecule has 0 atom stereocenters. The molecule has 0 radical (unpaired) electrons. The van der Waals surface area contributed by atoms with Gasteiger partial charge in [-0.3, -0.25) is 4.79 Å². The van der Waals surface area contributed by atoms with Crippen molar-refractivity contribution in [2.45, 2.75) is 4.90 Å². The molecule has 0 unspecified atom stereocenters. The number of amides is 1. The summed E-state index contributed by atoms with van der Waals surface area (Å²) < 4.78 is 17.6. The van der Waals surface area contributed by atoms with Crippen LogP contribution in [0.25, 0.3) is 0 Å². The molecule has 0 aliphatic heterocycles. The molecule has 6 heteroatoms. The fourth-order valence-electron chi connectivity index (χ4n) is 2.54. The Balaban J connectivity index is 1.62. The van der Waals surface area contributed by atoms with Gasteiger partial charge in [0, 0.05) is 21.7 Å². The van der Waals surface area contributed by atoms with Crippen LogP contribution < -0.4 is 5.32 Å². The van der Waals surface area contributed by atoms with Crippen LogP contribution in [0.1, 0.15) is 21.5 Å². The van der Waals surface area contributed by atoms with Gasteiger partial charge in [-0.25, -0.2) is 9.18 Å². The molecule has 1 N–H and O–H groups in total. The number of carbonyl (C=O) groups is 2. The van der Waals surface area contributed by atoms with Crippen LogP contribution >= 0.6 is 11.8 Å². The van der Waals surface area contributed by atoms with Crippen LogP contribution in [0.2, 0.25) is 0 Å². The zero-order valence-corrected chi connectivity index (χ0v) is 17.0. The Bertz CT molecular complexity index is 1120. The minimum absolute atomic E-state index is 0.166. The second kappa shape index (κ2) is 10.3. The standard InChI is InChI=1S/C24H18FNO3S/c1-29-24(28)19-6-2-4-17(14-19)8-9-18-5-3-7-21(15-18)26-23(27)16-30-22-12-10-20(25)11-13-22/h2-7,10-15H,16H2,1H3,(H,26,27). The van der Waals surface area contributed by atoms with Crippen molar-refractivity contribution in [2.24, 2.45) is 0 Å². The Morgan fingerprint density at radius 3 is 2.33 bits per heavy atom. The van der Waals surface area contributed by atoms with Crippen LogP contribution in [0.3, 0.4) is 0 Å². The normalized spacial score (nSPS) is 9.93. The van der Waals surface area contributed by atoms with Gasteiger partial charge in [0.05, 0.1) is 18.4 Å². The first-order chi connectivity index (χ1) is 14.5. The maximum Gasteiger partial charge on any atom is 0.337 e. The molecule has 0 aliphatic carbocycles. The van der Waals surface area contributed by atoms with Gasteiger partial charge in [-0.05, 0) is 60.7 Å². The number of ether oxygens (including phenoxy) is 1. The van der Waals surface area contributed by atoms with Crippen LogP contribution in [0.4, 0.5) is 10.1 Å². The monoisotopic (exact) mass is 419 g/mol. The molecule has 1 amide bonds. The topological polar surface area (TPSA) is 55.4 Å². The molecular weight excluding hydrogens is 401 g/mol. The van der Waals surface area contributed by atoms with Gasteiger partial charge >= 0.3 is 5.97 Å². The van der Waals surface area contributed by atoms with Gasteiger partial charge in [0.15, 0.2) is 0 Å². The van der Waals surface area contributed by atoms with Gasteiger partial charge in [-0.15, -0.1) is 11.8 Å². The number of anilines is 1. The molecule has 0 saturated carbocycles. The van der Waals surface area contributed by atoms with E-state index in [1.54, 1.807) is 54.6 Å². The quantitative estimate of drug-likeness (QED) is 0.369. The van der Waals surface area contributed by atoms with E-state index in [2.05, 4.69) is 17.2 Å². The second-order valence-electron chi connectivity index (χ2n) is 6.19. The summed E-state index contributed by atoms with van der Waals surface area (Å²) in [6.45, 7) is 0. The molecule has 150 valence electrons. The molecule has 0 heterocycles. The number of methoxy groups -OCH3 is 1. The van der Waals surface area contributed by atoms with Crippen LogP contribution in [0.15, 0.2) is 77.7 Å². The third-order valence-electron chi connectivity index (χ3n) is 3.96. The van der Waals surface area contributed by atoms with Gasteiger partial charge in [0.2, 0.25) is 5.91 Å². The van der Waals surface area contributed by atoms with Crippen molar-refractivity contribution in [3.8, 4) is 11.8 Å². The van der Waals surface area contributed by atoms with Crippen LogP contribution in [0.5, 0.6) is 0 Å². The number of hydrogen-bond donors (Lipinski definition) is 1. The number of benzene rings is 3. The van der Waals surface area contributed by atoms with E-state index in [4.69, 9.17) is 4.74 Å². The van der Waals surface area contributed by atoms with Crippen LogP contribution in [-0.4, -0.2) is 24.7 Å². The smallest absolute Gasteiger partial charge is 0.337 e. The Hall–Kier alpha value is -3.56. The van der Waals surface area contributed by atoms with Crippen LogP contribution in [-0.2, 0) is 9.53 Å². The summed E-state index contributed by atoms with van der Waals surface area (Å²) in [7, 11) is 1.33. The van der Waals surface area contributed by atoms with E-state index < -0.39 is 5.97 Å². The number of hydrogen-bond acceptors (Lipinski definition) is 4. The maximum atomic E-state index is 12.9. The summed E-state index contributed by atoms with van der Waals surface area (Å²) in [6, 6.07) is 20.1. The van der Waals surface area contributed by atoms with Crippen molar-refractivity contribution in [1.82, 2.24) is 0 Å². The SMILES string of the molecule is COC(=O)c1cccc(C#Cc2cccc(NC(=O)CSc3ccc(F)cc3)c2)c1. The molecular formula is C24H18FNO3S. The first kappa shape index (κ1) is 21.2. The molecule has 0 aliphatic rings. The van der Waals surface area contributed by atoms with Crippen molar-refractivity contribution in [1.29, 1.82) is 0 Å². The lowest BCUT2D eigenvalue weighted by atomic mass is 10.1. The number of esters is 1. The highest BCUT2D eigenvalue weighted by Crippen LogP contribution is 2.19. The maximum absolute atomic E-state index is 12.9. The van der Waals surface area contributed by atoms with E-state index in [1.165, 1.54) is 31.0 Å². The lowest BCUT2D eigenvalue weighted by Crippen LogP contribution is -2.13. The Labute approximate surface area is 178 Å². The minimum atomic E-state index is -0.415. The lowest BCUT2D eigenvalue weighted by molar-refractivity contribution is -0.113. The Morgan fingerprint density at radius 2 is 1.63 bits per heavy atom. The average molecular weight is 419 g/mol. The number of halogens is 1. The second-order valence-corrected chi connectivity index (χ2v) is 7.24. The molecule has 0 fully saturated rings. The fraction of sp³-hybridized carbons (Fsp3) is 0.0833. The first-order valence-corrected chi connectivity index (χ1v) is 10.0. The van der Waals surface area contributed by atoms with Gasteiger partial charge in [0.1, 0.15) is 5.82 Å². The predicted octanol–water partition coefficient (Wildman–Crippen LogP) is 4.74. The third-order valence-corrected chi connectivity index (χ3v) is 4.98. The van der Waals surface area contributed by atoms with E-state index in [-0.39, 0.29) is 17.5 Å². The molecule has 30 heavy (non-hydrogen) atoms. The largest absolute Gasteiger partial charge is 0.465 e. The molecule has 0 spiro atoms. The average Bonchev–Trinajstić information content (AvgIpc) is 2.77. The summed E-state index contributed by atoms with van der Waals surface area (Å²) in [5.41, 5.74) is 2.48. The molecule has 3 aromatic rings. The summed E-state index contributed by atoms with van der Waals surface area (Å²) in [6.07, 6.45) is 0. The van der Waals surface area contributed by atoms with Crippen molar-refractivity contribution in [3.05, 3.63) is 95.3 Å². The Morgan fingerprint density at radius 1 is 0.967 bits per heavy atom. The van der Waals surface area contributed by atoms with Crippen molar-refractivity contribution in [2.75, 3.05) is 18.2 Å². The fourth-order valence-corrected chi connectivity index (χ4v) is 3.24. The summed E-state index contributed by atoms with van der Waals surface area (Å²) in [5.74, 6) is 5.36.